The summed E-state index contributed by atoms with van der Waals surface area (Å²) >= 11 is 0. The zero-order valence-electron chi connectivity index (χ0n) is 14.2. The minimum atomic E-state index is -4.60. The predicted molar refractivity (Wildman–Crippen MR) is 90.7 cm³/mol. The van der Waals surface area contributed by atoms with E-state index in [1.54, 1.807) is 4.68 Å². The molecule has 1 aliphatic rings. The maximum atomic E-state index is 12.9. The van der Waals surface area contributed by atoms with Crippen LogP contribution < -0.4 is 5.73 Å². The molecule has 0 bridgehead atoms. The molecule has 0 unspecified atom stereocenters. The average molecular weight is 401 g/mol. The van der Waals surface area contributed by atoms with Crippen molar-refractivity contribution in [3.63, 3.8) is 0 Å². The number of benzene rings is 1. The van der Waals surface area contributed by atoms with Gasteiger partial charge in [0.2, 0.25) is 0 Å². The van der Waals surface area contributed by atoms with Crippen LogP contribution in [-0.4, -0.2) is 29.4 Å². The van der Waals surface area contributed by atoms with Crippen LogP contribution >= 0.6 is 0 Å². The Hall–Kier alpha value is -2.36. The van der Waals surface area contributed by atoms with Crippen molar-refractivity contribution in [1.82, 2.24) is 9.78 Å². The fourth-order valence-corrected chi connectivity index (χ4v) is 5.16. The molecule has 27 heavy (non-hydrogen) atoms. The molecule has 1 saturated carbocycles. The number of nitrogens with two attached hydrogens (primary N) is 1. The third kappa shape index (κ3) is 4.00. The highest BCUT2D eigenvalue weighted by Crippen LogP contribution is 2.36. The lowest BCUT2D eigenvalue weighted by Gasteiger charge is -2.28. The third-order valence-corrected chi connectivity index (χ3v) is 7.09. The summed E-state index contributed by atoms with van der Waals surface area (Å²) in [5.41, 5.74) is 4.48. The lowest BCUT2D eigenvalue weighted by molar-refractivity contribution is -0.137. The summed E-state index contributed by atoms with van der Waals surface area (Å²) < 4.78 is 65.7. The molecule has 6 nitrogen and oxygen atoms in total. The number of alkyl halides is 3. The van der Waals surface area contributed by atoms with Gasteiger partial charge in [-0.15, -0.1) is 0 Å². The second-order valence-electron chi connectivity index (χ2n) is 6.57. The quantitative estimate of drug-likeness (QED) is 0.852. The zero-order chi connectivity index (χ0) is 19.8. The standard InChI is InChI=1S/C17H18F3N3O3S/c18-17(19,20)12-2-1-3-15(8-12)27(25,26)14-6-4-13(5-7-14)23-10-11(9-22-23)16(21)24/h1-3,8-10,13-14H,4-7H2,(H2,21,24). The minimum absolute atomic E-state index is 0.0777. The van der Waals surface area contributed by atoms with Crippen molar-refractivity contribution in [3.05, 3.63) is 47.8 Å². The molecule has 1 heterocycles. The fourth-order valence-electron chi connectivity index (χ4n) is 3.33. The second kappa shape index (κ2) is 6.99. The van der Waals surface area contributed by atoms with E-state index in [1.165, 1.54) is 18.5 Å². The summed E-state index contributed by atoms with van der Waals surface area (Å²) in [6.07, 6.45) is -0.140. The predicted octanol–water partition coefficient (Wildman–Crippen LogP) is 2.96. The molecule has 146 valence electrons. The number of nitrogens with zero attached hydrogens (tertiary/aromatic N) is 2. The smallest absolute Gasteiger partial charge is 0.366 e. The Morgan fingerprint density at radius 1 is 1.19 bits per heavy atom. The van der Waals surface area contributed by atoms with Crippen molar-refractivity contribution in [2.75, 3.05) is 0 Å². The number of aromatic nitrogens is 2. The van der Waals surface area contributed by atoms with Crippen LogP contribution in [0.2, 0.25) is 0 Å². The SMILES string of the molecule is NC(=O)c1cnn(C2CCC(S(=O)(=O)c3cccc(C(F)(F)F)c3)CC2)c1. The highest BCUT2D eigenvalue weighted by Gasteiger charge is 2.35. The van der Waals surface area contributed by atoms with Gasteiger partial charge in [0.25, 0.3) is 5.91 Å². The topological polar surface area (TPSA) is 95.1 Å². The van der Waals surface area contributed by atoms with Gasteiger partial charge in [0, 0.05) is 6.20 Å². The Balaban J connectivity index is 1.74. The summed E-state index contributed by atoms with van der Waals surface area (Å²) in [7, 11) is -3.86. The largest absolute Gasteiger partial charge is 0.416 e. The number of rotatable bonds is 4. The van der Waals surface area contributed by atoms with Gasteiger partial charge >= 0.3 is 6.18 Å². The number of halogens is 3. The number of primary amides is 1. The number of sulfone groups is 1. The second-order valence-corrected chi connectivity index (χ2v) is 8.80. The Labute approximate surface area is 154 Å². The average Bonchev–Trinajstić information content (AvgIpc) is 3.12. The van der Waals surface area contributed by atoms with Crippen LogP contribution in [-0.2, 0) is 16.0 Å². The number of carbonyl (C=O) groups excluding carboxylic acids is 1. The van der Waals surface area contributed by atoms with Gasteiger partial charge in [-0.1, -0.05) is 6.07 Å². The zero-order valence-corrected chi connectivity index (χ0v) is 15.0. The Kier molecular flexibility index (Phi) is 5.02. The molecule has 0 spiro atoms. The summed E-state index contributed by atoms with van der Waals surface area (Å²) in [6, 6.07) is 3.77. The van der Waals surface area contributed by atoms with E-state index < -0.39 is 32.7 Å². The molecular formula is C17H18F3N3O3S. The van der Waals surface area contributed by atoms with E-state index in [4.69, 9.17) is 5.73 Å². The van der Waals surface area contributed by atoms with E-state index in [9.17, 15) is 26.4 Å². The normalized spacial score (nSPS) is 21.1. The van der Waals surface area contributed by atoms with Crippen molar-refractivity contribution < 1.29 is 26.4 Å². The van der Waals surface area contributed by atoms with Gasteiger partial charge in [0.15, 0.2) is 9.84 Å². The van der Waals surface area contributed by atoms with Crippen LogP contribution in [0.1, 0.15) is 47.6 Å². The summed E-state index contributed by atoms with van der Waals surface area (Å²) in [5.74, 6) is -0.595. The van der Waals surface area contributed by atoms with Crippen LogP contribution in [0, 0.1) is 0 Å². The molecule has 1 amide bonds. The van der Waals surface area contributed by atoms with Gasteiger partial charge in [0.1, 0.15) is 0 Å². The third-order valence-electron chi connectivity index (χ3n) is 4.83. The number of hydrogen-bond acceptors (Lipinski definition) is 4. The summed E-state index contributed by atoms with van der Waals surface area (Å²) in [6.45, 7) is 0. The van der Waals surface area contributed by atoms with Crippen molar-refractivity contribution in [2.24, 2.45) is 5.73 Å². The van der Waals surface area contributed by atoms with Crippen molar-refractivity contribution in [2.45, 2.75) is 48.0 Å². The number of amides is 1. The molecule has 0 atom stereocenters. The molecule has 1 aromatic heterocycles. The Morgan fingerprint density at radius 2 is 1.85 bits per heavy atom. The summed E-state index contributed by atoms with van der Waals surface area (Å²) in [5, 5.41) is 3.34. The van der Waals surface area contributed by atoms with E-state index in [0.29, 0.717) is 31.7 Å². The first kappa shape index (κ1) is 19.4. The first-order valence-corrected chi connectivity index (χ1v) is 9.89. The van der Waals surface area contributed by atoms with E-state index >= 15 is 0 Å². The summed E-state index contributed by atoms with van der Waals surface area (Å²) in [4.78, 5) is 10.8. The van der Waals surface area contributed by atoms with Gasteiger partial charge < -0.3 is 5.73 Å². The molecule has 2 N–H and O–H groups in total. The van der Waals surface area contributed by atoms with Gasteiger partial charge in [-0.05, 0) is 43.9 Å². The van der Waals surface area contributed by atoms with Crippen LogP contribution in [0.3, 0.4) is 0 Å². The highest BCUT2D eigenvalue weighted by atomic mass is 32.2. The van der Waals surface area contributed by atoms with E-state index in [-0.39, 0.29) is 16.5 Å². The fraction of sp³-hybridized carbons (Fsp3) is 0.412. The molecule has 3 rings (SSSR count). The Bertz CT molecular complexity index is 946. The lowest BCUT2D eigenvalue weighted by Crippen LogP contribution is -2.28. The molecule has 1 aliphatic carbocycles. The molecular weight excluding hydrogens is 383 g/mol. The van der Waals surface area contributed by atoms with Crippen LogP contribution in [0.25, 0.3) is 0 Å². The van der Waals surface area contributed by atoms with E-state index in [2.05, 4.69) is 5.10 Å². The van der Waals surface area contributed by atoms with Crippen molar-refractivity contribution in [3.8, 4) is 0 Å². The van der Waals surface area contributed by atoms with E-state index in [1.807, 2.05) is 0 Å². The van der Waals surface area contributed by atoms with Crippen molar-refractivity contribution >= 4 is 15.7 Å². The van der Waals surface area contributed by atoms with Gasteiger partial charge in [0.05, 0.1) is 33.5 Å². The first-order valence-electron chi connectivity index (χ1n) is 8.34. The molecule has 0 saturated heterocycles. The highest BCUT2D eigenvalue weighted by molar-refractivity contribution is 7.92. The van der Waals surface area contributed by atoms with Gasteiger partial charge in [-0.25, -0.2) is 8.42 Å². The van der Waals surface area contributed by atoms with Crippen LogP contribution in [0.5, 0.6) is 0 Å². The van der Waals surface area contributed by atoms with Crippen LogP contribution in [0.4, 0.5) is 13.2 Å². The Morgan fingerprint density at radius 3 is 2.41 bits per heavy atom. The molecule has 2 aromatic rings. The first-order chi connectivity index (χ1) is 12.6. The van der Waals surface area contributed by atoms with E-state index in [0.717, 1.165) is 12.1 Å². The molecule has 0 radical (unpaired) electrons. The van der Waals surface area contributed by atoms with Crippen LogP contribution in [0.15, 0.2) is 41.6 Å². The maximum Gasteiger partial charge on any atom is 0.416 e. The number of hydrogen-bond donors (Lipinski definition) is 1. The minimum Gasteiger partial charge on any atom is -0.366 e. The number of carbonyl (C=O) groups is 1. The molecule has 1 aromatic carbocycles. The van der Waals surface area contributed by atoms with Crippen molar-refractivity contribution in [1.29, 1.82) is 0 Å². The van der Waals surface area contributed by atoms with Gasteiger partial charge in [-0.3, -0.25) is 9.48 Å². The molecule has 1 fully saturated rings. The lowest BCUT2D eigenvalue weighted by atomic mass is 9.95. The molecule has 0 aliphatic heterocycles. The van der Waals surface area contributed by atoms with Gasteiger partial charge in [-0.2, -0.15) is 18.3 Å². The monoisotopic (exact) mass is 401 g/mol. The molecule has 10 heteroatoms. The maximum absolute atomic E-state index is 12.9.